The molecule has 0 radical (unpaired) electrons. The first kappa shape index (κ1) is 16.1. The Morgan fingerprint density at radius 2 is 1.39 bits per heavy atom. The van der Waals surface area contributed by atoms with Crippen LogP contribution in [-0.4, -0.2) is 0 Å². The summed E-state index contributed by atoms with van der Waals surface area (Å²) < 4.78 is 0. The average molecular weight is 304 g/mol. The van der Waals surface area contributed by atoms with Crippen molar-refractivity contribution in [3.8, 4) is 11.1 Å². The Labute approximate surface area is 141 Å². The van der Waals surface area contributed by atoms with Crippen molar-refractivity contribution in [1.29, 1.82) is 0 Å². The van der Waals surface area contributed by atoms with E-state index in [4.69, 9.17) is 0 Å². The van der Waals surface area contributed by atoms with Crippen LogP contribution < -0.4 is 0 Å². The third kappa shape index (κ3) is 2.65. The van der Waals surface area contributed by atoms with Crippen LogP contribution >= 0.6 is 0 Å². The maximum absolute atomic E-state index is 2.39. The van der Waals surface area contributed by atoms with Gasteiger partial charge in [-0.2, -0.15) is 0 Å². The molecule has 1 aliphatic rings. The highest BCUT2D eigenvalue weighted by atomic mass is 14.3. The molecule has 2 aromatic rings. The topological polar surface area (TPSA) is 0 Å². The number of hydrogen-bond acceptors (Lipinski definition) is 0. The fourth-order valence-electron chi connectivity index (χ4n) is 3.72. The van der Waals surface area contributed by atoms with Crippen LogP contribution in [0.1, 0.15) is 61.1 Å². The second-order valence-corrected chi connectivity index (χ2v) is 8.14. The molecule has 0 unspecified atom stereocenters. The van der Waals surface area contributed by atoms with E-state index in [1.54, 1.807) is 0 Å². The van der Waals surface area contributed by atoms with Gasteiger partial charge in [-0.1, -0.05) is 56.7 Å². The zero-order chi connectivity index (χ0) is 16.9. The van der Waals surface area contributed by atoms with E-state index in [2.05, 4.69) is 78.8 Å². The minimum absolute atomic E-state index is 0.204. The Kier molecular flexibility index (Phi) is 3.75. The van der Waals surface area contributed by atoms with Gasteiger partial charge in [0.05, 0.1) is 0 Å². The molecule has 0 bridgehead atoms. The lowest BCUT2D eigenvalue weighted by atomic mass is 9.83. The van der Waals surface area contributed by atoms with E-state index in [0.717, 1.165) is 6.42 Å². The highest BCUT2D eigenvalue weighted by Crippen LogP contribution is 2.40. The molecule has 0 fully saturated rings. The molecule has 0 aliphatic heterocycles. The second-order valence-electron chi connectivity index (χ2n) is 8.14. The summed E-state index contributed by atoms with van der Waals surface area (Å²) in [4.78, 5) is 0. The Hall–Kier alpha value is -1.82. The summed E-state index contributed by atoms with van der Waals surface area (Å²) in [6, 6.07) is 9.20. The summed E-state index contributed by atoms with van der Waals surface area (Å²) in [6.45, 7) is 15.9. The van der Waals surface area contributed by atoms with Gasteiger partial charge >= 0.3 is 0 Å². The van der Waals surface area contributed by atoms with Crippen LogP contribution in [-0.2, 0) is 11.8 Å². The number of fused-ring (bicyclic) bond motifs is 1. The largest absolute Gasteiger partial charge is 0.0683 e. The van der Waals surface area contributed by atoms with E-state index in [0.29, 0.717) is 0 Å². The molecular weight excluding hydrogens is 276 g/mol. The SMILES string of the molecule is CC1=Cc2c(c(C)c(C)c(C)c2-c2ccc(C(C)(C)C)cc2)C1. The van der Waals surface area contributed by atoms with Gasteiger partial charge in [0.2, 0.25) is 0 Å². The molecule has 120 valence electrons. The monoisotopic (exact) mass is 304 g/mol. The van der Waals surface area contributed by atoms with E-state index >= 15 is 0 Å². The smallest absolute Gasteiger partial charge is 0.00576 e. The molecule has 0 atom stereocenters. The maximum atomic E-state index is 2.39. The van der Waals surface area contributed by atoms with E-state index in [9.17, 15) is 0 Å². The van der Waals surface area contributed by atoms with Gasteiger partial charge < -0.3 is 0 Å². The Morgan fingerprint density at radius 3 is 1.96 bits per heavy atom. The number of benzene rings is 2. The normalized spacial score (nSPS) is 14.0. The zero-order valence-electron chi connectivity index (χ0n) is 15.6. The van der Waals surface area contributed by atoms with Gasteiger partial charge in [0.15, 0.2) is 0 Å². The molecule has 0 spiro atoms. The molecule has 0 aromatic heterocycles. The van der Waals surface area contributed by atoms with E-state index < -0.39 is 0 Å². The van der Waals surface area contributed by atoms with Gasteiger partial charge in [0, 0.05) is 0 Å². The van der Waals surface area contributed by atoms with Gasteiger partial charge in [-0.15, -0.1) is 0 Å². The number of allylic oxidation sites excluding steroid dienone is 1. The van der Waals surface area contributed by atoms with Crippen molar-refractivity contribution in [2.24, 2.45) is 0 Å². The molecule has 0 saturated heterocycles. The summed E-state index contributed by atoms with van der Waals surface area (Å²) in [5.74, 6) is 0. The first-order valence-electron chi connectivity index (χ1n) is 8.61. The zero-order valence-corrected chi connectivity index (χ0v) is 15.6. The molecule has 23 heavy (non-hydrogen) atoms. The fourth-order valence-corrected chi connectivity index (χ4v) is 3.72. The van der Waals surface area contributed by atoms with Crippen LogP contribution in [0.15, 0.2) is 29.8 Å². The van der Waals surface area contributed by atoms with Crippen molar-refractivity contribution in [3.63, 3.8) is 0 Å². The van der Waals surface area contributed by atoms with Gasteiger partial charge in [0.25, 0.3) is 0 Å². The Morgan fingerprint density at radius 1 is 0.783 bits per heavy atom. The van der Waals surface area contributed by atoms with Crippen LogP contribution in [0.3, 0.4) is 0 Å². The summed E-state index contributed by atoms with van der Waals surface area (Å²) in [6.07, 6.45) is 3.50. The van der Waals surface area contributed by atoms with Crippen LogP contribution in [0, 0.1) is 20.8 Å². The van der Waals surface area contributed by atoms with Crippen molar-refractivity contribution < 1.29 is 0 Å². The van der Waals surface area contributed by atoms with Crippen molar-refractivity contribution in [1.82, 2.24) is 0 Å². The minimum Gasteiger partial charge on any atom is -0.0683 e. The Balaban J connectivity index is 2.21. The van der Waals surface area contributed by atoms with Gasteiger partial charge in [-0.05, 0) is 84.0 Å². The maximum Gasteiger partial charge on any atom is -0.00576 e. The van der Waals surface area contributed by atoms with Crippen molar-refractivity contribution in [3.05, 3.63) is 63.2 Å². The van der Waals surface area contributed by atoms with E-state index in [-0.39, 0.29) is 5.41 Å². The summed E-state index contributed by atoms with van der Waals surface area (Å²) >= 11 is 0. The lowest BCUT2D eigenvalue weighted by molar-refractivity contribution is 0.590. The first-order chi connectivity index (χ1) is 10.7. The first-order valence-corrected chi connectivity index (χ1v) is 8.61. The van der Waals surface area contributed by atoms with Crippen LogP contribution in [0.4, 0.5) is 0 Å². The molecule has 3 rings (SSSR count). The predicted octanol–water partition coefficient (Wildman–Crippen LogP) is 6.54. The van der Waals surface area contributed by atoms with Gasteiger partial charge in [0.1, 0.15) is 0 Å². The van der Waals surface area contributed by atoms with Gasteiger partial charge in [-0.25, -0.2) is 0 Å². The minimum atomic E-state index is 0.204. The highest BCUT2D eigenvalue weighted by molar-refractivity contribution is 5.85. The van der Waals surface area contributed by atoms with Crippen molar-refractivity contribution in [2.45, 2.75) is 60.3 Å². The van der Waals surface area contributed by atoms with Crippen LogP contribution in [0.2, 0.25) is 0 Å². The molecule has 0 nitrogen and oxygen atoms in total. The third-order valence-electron chi connectivity index (χ3n) is 5.43. The average Bonchev–Trinajstić information content (AvgIpc) is 2.86. The molecular formula is C23H28. The van der Waals surface area contributed by atoms with E-state index in [1.165, 1.54) is 50.1 Å². The second kappa shape index (κ2) is 5.37. The van der Waals surface area contributed by atoms with Gasteiger partial charge in [-0.3, -0.25) is 0 Å². The van der Waals surface area contributed by atoms with Crippen molar-refractivity contribution >= 4 is 6.08 Å². The number of rotatable bonds is 1. The number of hydrogen-bond donors (Lipinski definition) is 0. The Bertz CT molecular complexity index is 794. The van der Waals surface area contributed by atoms with E-state index in [1.807, 2.05) is 0 Å². The third-order valence-corrected chi connectivity index (χ3v) is 5.43. The lowest BCUT2D eigenvalue weighted by Crippen LogP contribution is -2.10. The molecule has 0 N–H and O–H groups in total. The quantitative estimate of drug-likeness (QED) is 0.561. The molecule has 0 amide bonds. The molecule has 2 aromatic carbocycles. The molecule has 1 aliphatic carbocycles. The summed E-state index contributed by atoms with van der Waals surface area (Å²) in [5, 5.41) is 0. The van der Waals surface area contributed by atoms with Crippen LogP contribution in [0.25, 0.3) is 17.2 Å². The van der Waals surface area contributed by atoms with Crippen molar-refractivity contribution in [2.75, 3.05) is 0 Å². The lowest BCUT2D eigenvalue weighted by Gasteiger charge is -2.21. The highest BCUT2D eigenvalue weighted by Gasteiger charge is 2.22. The summed E-state index contributed by atoms with van der Waals surface area (Å²) in [7, 11) is 0. The predicted molar refractivity (Wildman–Crippen MR) is 102 cm³/mol. The molecule has 0 heteroatoms. The fraction of sp³-hybridized carbons (Fsp3) is 0.391. The molecule has 0 saturated carbocycles. The summed E-state index contributed by atoms with van der Waals surface area (Å²) in [5.41, 5.74) is 13.2. The molecule has 0 heterocycles. The van der Waals surface area contributed by atoms with Crippen LogP contribution in [0.5, 0.6) is 0 Å². The standard InChI is InChI=1S/C23H28/c1-14-12-20-16(3)15(2)17(4)22(21(20)13-14)18-8-10-19(11-9-18)23(5,6)7/h8-11,13H,12H2,1-7H3.